The van der Waals surface area contributed by atoms with E-state index >= 15 is 0 Å². The summed E-state index contributed by atoms with van der Waals surface area (Å²) in [4.78, 5) is 28.1. The van der Waals surface area contributed by atoms with Crippen LogP contribution >= 0.6 is 0 Å². The molecule has 0 radical (unpaired) electrons. The number of likely N-dealkylation sites (tertiary alicyclic amines) is 1. The molecule has 0 N–H and O–H groups in total. The van der Waals surface area contributed by atoms with Crippen LogP contribution in [0.25, 0.3) is 0 Å². The molecular weight excluding hydrogens is 356 g/mol. The number of rotatable bonds is 2. The van der Waals surface area contributed by atoms with Gasteiger partial charge in [-0.25, -0.2) is 9.59 Å². The Balaban J connectivity index is 1.52. The zero-order chi connectivity index (χ0) is 20.4. The molecule has 0 aromatic heterocycles. The Kier molecular flexibility index (Phi) is 5.87. The Labute approximate surface area is 167 Å². The van der Waals surface area contributed by atoms with Crippen LogP contribution in [0.1, 0.15) is 56.8 Å². The van der Waals surface area contributed by atoms with Crippen molar-refractivity contribution in [2.24, 2.45) is 5.41 Å². The first kappa shape index (κ1) is 20.5. The fraction of sp³-hybridized carbons (Fsp3) is 0.636. The molecule has 1 spiro atoms. The lowest BCUT2D eigenvalue weighted by atomic mass is 9.71. The maximum Gasteiger partial charge on any atom is 0.410 e. The van der Waals surface area contributed by atoms with Gasteiger partial charge in [-0.05, 0) is 76.1 Å². The summed E-state index contributed by atoms with van der Waals surface area (Å²) in [5, 5.41) is 0. The smallest absolute Gasteiger partial charge is 0.410 e. The Morgan fingerprint density at radius 2 is 1.46 bits per heavy atom. The van der Waals surface area contributed by atoms with E-state index in [1.807, 2.05) is 49.9 Å². The summed E-state index contributed by atoms with van der Waals surface area (Å²) in [7, 11) is 1.40. The Morgan fingerprint density at radius 3 is 1.96 bits per heavy atom. The molecule has 2 heterocycles. The molecule has 2 aliphatic heterocycles. The molecule has 2 saturated heterocycles. The number of nitrogens with zero attached hydrogens (tertiary/aromatic N) is 2. The topological polar surface area (TPSA) is 59.1 Å². The van der Waals surface area contributed by atoms with Crippen molar-refractivity contribution in [1.82, 2.24) is 4.90 Å². The second kappa shape index (κ2) is 8.02. The van der Waals surface area contributed by atoms with E-state index in [-0.39, 0.29) is 12.1 Å². The largest absolute Gasteiger partial charge is 0.465 e. The third kappa shape index (κ3) is 4.78. The van der Waals surface area contributed by atoms with Gasteiger partial charge in [-0.3, -0.25) is 0 Å². The average Bonchev–Trinajstić information content (AvgIpc) is 2.67. The highest BCUT2D eigenvalue weighted by Gasteiger charge is 2.39. The summed E-state index contributed by atoms with van der Waals surface area (Å²) in [6.07, 6.45) is 4.16. The molecule has 2 aliphatic rings. The summed E-state index contributed by atoms with van der Waals surface area (Å²) < 4.78 is 10.3. The SMILES string of the molecule is COC(=O)c1ccc(N2CCC3(CCN(C(=O)OC(C)(C)C)CC3)CC2)cc1. The maximum absolute atomic E-state index is 12.3. The Bertz CT molecular complexity index is 690. The summed E-state index contributed by atoms with van der Waals surface area (Å²) in [6.45, 7) is 9.29. The fourth-order valence-electron chi connectivity index (χ4n) is 4.16. The first-order valence-corrected chi connectivity index (χ1v) is 10.1. The highest BCUT2D eigenvalue weighted by Crippen LogP contribution is 2.42. The second-order valence-electron chi connectivity index (χ2n) is 8.99. The van der Waals surface area contributed by atoms with Gasteiger partial charge in [-0.2, -0.15) is 0 Å². The zero-order valence-electron chi connectivity index (χ0n) is 17.5. The first-order valence-electron chi connectivity index (χ1n) is 10.1. The van der Waals surface area contributed by atoms with E-state index in [0.717, 1.165) is 57.5 Å². The number of benzene rings is 1. The monoisotopic (exact) mass is 388 g/mol. The number of hydrogen-bond acceptors (Lipinski definition) is 5. The van der Waals surface area contributed by atoms with Crippen molar-refractivity contribution < 1.29 is 19.1 Å². The van der Waals surface area contributed by atoms with Gasteiger partial charge in [0.2, 0.25) is 0 Å². The number of hydrogen-bond donors (Lipinski definition) is 0. The van der Waals surface area contributed by atoms with Gasteiger partial charge in [0.25, 0.3) is 0 Å². The van der Waals surface area contributed by atoms with Crippen LogP contribution in [-0.2, 0) is 9.47 Å². The molecule has 0 unspecified atom stereocenters. The van der Waals surface area contributed by atoms with Crippen molar-refractivity contribution >= 4 is 17.7 Å². The van der Waals surface area contributed by atoms with Crippen LogP contribution in [0.4, 0.5) is 10.5 Å². The molecule has 1 amide bonds. The lowest BCUT2D eigenvalue weighted by Gasteiger charge is -2.47. The number of esters is 1. The third-order valence-electron chi connectivity index (χ3n) is 5.95. The van der Waals surface area contributed by atoms with Crippen LogP contribution in [0.3, 0.4) is 0 Å². The maximum atomic E-state index is 12.3. The predicted molar refractivity (Wildman–Crippen MR) is 109 cm³/mol. The Hall–Kier alpha value is -2.24. The number of carbonyl (C=O) groups excluding carboxylic acids is 2. The number of anilines is 1. The zero-order valence-corrected chi connectivity index (χ0v) is 17.5. The van der Waals surface area contributed by atoms with Crippen LogP contribution in [0.2, 0.25) is 0 Å². The number of ether oxygens (including phenoxy) is 2. The van der Waals surface area contributed by atoms with Crippen molar-refractivity contribution in [2.45, 2.75) is 52.1 Å². The van der Waals surface area contributed by atoms with Gasteiger partial charge in [0.15, 0.2) is 0 Å². The molecule has 0 aliphatic carbocycles. The summed E-state index contributed by atoms with van der Waals surface area (Å²) in [5.41, 5.74) is 1.62. The van der Waals surface area contributed by atoms with E-state index in [4.69, 9.17) is 9.47 Å². The highest BCUT2D eigenvalue weighted by atomic mass is 16.6. The van der Waals surface area contributed by atoms with Gasteiger partial charge in [-0.15, -0.1) is 0 Å². The molecule has 0 saturated carbocycles. The molecule has 6 nitrogen and oxygen atoms in total. The molecule has 3 rings (SSSR count). The van der Waals surface area contributed by atoms with Gasteiger partial charge < -0.3 is 19.3 Å². The van der Waals surface area contributed by atoms with Crippen molar-refractivity contribution in [3.05, 3.63) is 29.8 Å². The van der Waals surface area contributed by atoms with Crippen LogP contribution in [0.5, 0.6) is 0 Å². The lowest BCUT2D eigenvalue weighted by molar-refractivity contribution is 0.00665. The fourth-order valence-corrected chi connectivity index (χ4v) is 4.16. The summed E-state index contributed by atoms with van der Waals surface area (Å²) in [6, 6.07) is 7.64. The molecule has 2 fully saturated rings. The van der Waals surface area contributed by atoms with Crippen molar-refractivity contribution in [2.75, 3.05) is 38.2 Å². The minimum Gasteiger partial charge on any atom is -0.465 e. The minimum atomic E-state index is -0.443. The second-order valence-corrected chi connectivity index (χ2v) is 8.99. The number of piperidine rings is 2. The van der Waals surface area contributed by atoms with Crippen LogP contribution in [-0.4, -0.2) is 55.9 Å². The van der Waals surface area contributed by atoms with Gasteiger partial charge in [0.05, 0.1) is 12.7 Å². The minimum absolute atomic E-state index is 0.189. The van der Waals surface area contributed by atoms with E-state index in [0.29, 0.717) is 11.0 Å². The van der Waals surface area contributed by atoms with Gasteiger partial charge in [-0.1, -0.05) is 0 Å². The molecule has 28 heavy (non-hydrogen) atoms. The summed E-state index contributed by atoms with van der Waals surface area (Å²) >= 11 is 0. The molecule has 1 aromatic carbocycles. The van der Waals surface area contributed by atoms with Crippen LogP contribution < -0.4 is 4.90 Å². The highest BCUT2D eigenvalue weighted by molar-refractivity contribution is 5.89. The number of amides is 1. The lowest BCUT2D eigenvalue weighted by Crippen LogP contribution is -2.49. The van der Waals surface area contributed by atoms with Crippen molar-refractivity contribution in [3.63, 3.8) is 0 Å². The first-order chi connectivity index (χ1) is 13.2. The van der Waals surface area contributed by atoms with Gasteiger partial charge >= 0.3 is 12.1 Å². The quantitative estimate of drug-likeness (QED) is 0.714. The standard InChI is InChI=1S/C22H32N2O4/c1-21(2,3)28-20(26)24-15-11-22(12-16-24)9-13-23(14-10-22)18-7-5-17(6-8-18)19(25)27-4/h5-8H,9-16H2,1-4H3. The molecular formula is C22H32N2O4. The van der Waals surface area contributed by atoms with E-state index < -0.39 is 5.60 Å². The molecule has 0 bridgehead atoms. The Morgan fingerprint density at radius 1 is 0.929 bits per heavy atom. The number of methoxy groups -OCH3 is 1. The van der Waals surface area contributed by atoms with Crippen LogP contribution in [0, 0.1) is 5.41 Å². The average molecular weight is 389 g/mol. The van der Waals surface area contributed by atoms with Gasteiger partial charge in [0.1, 0.15) is 5.60 Å². The molecule has 0 atom stereocenters. The predicted octanol–water partition coefficient (Wildman–Crippen LogP) is 4.09. The van der Waals surface area contributed by atoms with Crippen molar-refractivity contribution in [3.8, 4) is 0 Å². The molecule has 154 valence electrons. The van der Waals surface area contributed by atoms with E-state index in [1.54, 1.807) is 0 Å². The summed E-state index contributed by atoms with van der Waals surface area (Å²) in [5.74, 6) is -0.305. The van der Waals surface area contributed by atoms with Crippen molar-refractivity contribution in [1.29, 1.82) is 0 Å². The van der Waals surface area contributed by atoms with E-state index in [1.165, 1.54) is 7.11 Å². The molecule has 6 heteroatoms. The van der Waals surface area contributed by atoms with E-state index in [9.17, 15) is 9.59 Å². The normalized spacial score (nSPS) is 19.4. The van der Waals surface area contributed by atoms with E-state index in [2.05, 4.69) is 4.90 Å². The molecule has 1 aromatic rings. The van der Waals surface area contributed by atoms with Crippen LogP contribution in [0.15, 0.2) is 24.3 Å². The van der Waals surface area contributed by atoms with Gasteiger partial charge in [0, 0.05) is 31.9 Å². The third-order valence-corrected chi connectivity index (χ3v) is 5.95. The number of carbonyl (C=O) groups is 2.